The van der Waals surface area contributed by atoms with Crippen LogP contribution in [-0.2, 0) is 27.9 Å². The number of quaternary nitrogens is 1. The van der Waals surface area contributed by atoms with Gasteiger partial charge in [0, 0.05) is 12.8 Å². The monoisotopic (exact) mass is 1150 g/mol. The summed E-state index contributed by atoms with van der Waals surface area (Å²) in [5.41, 5.74) is 0. The summed E-state index contributed by atoms with van der Waals surface area (Å²) in [6, 6.07) is -0.882. The summed E-state index contributed by atoms with van der Waals surface area (Å²) in [5.74, 6) is -0.571. The van der Waals surface area contributed by atoms with E-state index in [1.165, 1.54) is 167 Å². The van der Waals surface area contributed by atoms with Crippen LogP contribution in [0.2, 0.25) is 0 Å². The van der Waals surface area contributed by atoms with E-state index in [0.717, 1.165) is 83.5 Å². The van der Waals surface area contributed by atoms with Crippen molar-refractivity contribution >= 4 is 19.7 Å². The van der Waals surface area contributed by atoms with Crippen LogP contribution in [0.1, 0.15) is 290 Å². The lowest BCUT2D eigenvalue weighted by atomic mass is 10.0. The van der Waals surface area contributed by atoms with Gasteiger partial charge in [0.05, 0.1) is 33.8 Å². The molecule has 0 saturated heterocycles. The molecule has 0 heterocycles. The van der Waals surface area contributed by atoms with Crippen LogP contribution in [0.25, 0.3) is 0 Å². The van der Waals surface area contributed by atoms with E-state index in [1.807, 2.05) is 33.3 Å². The van der Waals surface area contributed by atoms with Crippen LogP contribution in [0, 0.1) is 0 Å². The molecule has 0 aromatic carbocycles. The number of phosphoric acid groups is 1. The molecular formula is C71H128N2O7P+. The van der Waals surface area contributed by atoms with Crippen molar-refractivity contribution in [2.45, 2.75) is 303 Å². The molecule has 0 aliphatic rings. The standard InChI is InChI=1S/C71H127N2O7P/c1-7-10-13-16-19-22-25-27-29-31-32-33-34-35-36-37-38-39-40-42-44-46-49-52-55-58-61-64-71(75)80-69(62-59-56-53-50-47-24-21-18-15-12-9-3)68(67-79-81(76,77)78-66-65-73(4,5)6)72-70(74)63-60-57-54-51-48-45-43-41-30-28-26-23-20-17-14-11-8-2/h11,14,19-20,22-23,27-30,43,45,51,54,59,62,68-69H,7-10,12-13,15-18,21,24-26,31-42,44,46-50,52-53,55-58,60-61,63-67H2,1-6H3,(H-,72,74,76,77)/p+1/b14-11-,22-19-,23-20-,29-27-,30-28-,45-43-,54-51-,62-59-. The molecule has 0 aliphatic heterocycles. The van der Waals surface area contributed by atoms with Crippen LogP contribution in [0.4, 0.5) is 0 Å². The van der Waals surface area contributed by atoms with Gasteiger partial charge in [0.1, 0.15) is 19.3 Å². The molecule has 0 spiro atoms. The third kappa shape index (κ3) is 61.3. The molecule has 0 fully saturated rings. The zero-order valence-corrected chi connectivity index (χ0v) is 54.4. The summed E-state index contributed by atoms with van der Waals surface area (Å²) in [6.07, 6.45) is 81.5. The smallest absolute Gasteiger partial charge is 0.456 e. The highest BCUT2D eigenvalue weighted by molar-refractivity contribution is 7.47. The third-order valence-corrected chi connectivity index (χ3v) is 15.5. The maximum Gasteiger partial charge on any atom is 0.472 e. The first-order valence-corrected chi connectivity index (χ1v) is 35.1. The van der Waals surface area contributed by atoms with Crippen LogP contribution in [0.3, 0.4) is 0 Å². The van der Waals surface area contributed by atoms with Gasteiger partial charge in [0.25, 0.3) is 0 Å². The van der Waals surface area contributed by atoms with Gasteiger partial charge in [0.2, 0.25) is 5.91 Å². The number of rotatable bonds is 60. The van der Waals surface area contributed by atoms with Gasteiger partial charge in [-0.05, 0) is 102 Å². The molecule has 81 heavy (non-hydrogen) atoms. The van der Waals surface area contributed by atoms with Crippen molar-refractivity contribution in [1.82, 2.24) is 5.32 Å². The number of nitrogens with zero attached hydrogens (tertiary/aromatic N) is 1. The van der Waals surface area contributed by atoms with Gasteiger partial charge >= 0.3 is 13.8 Å². The Kier molecular flexibility index (Phi) is 57.8. The lowest BCUT2D eigenvalue weighted by molar-refractivity contribution is -0.870. The lowest BCUT2D eigenvalue weighted by Gasteiger charge is -2.27. The van der Waals surface area contributed by atoms with Crippen molar-refractivity contribution < 1.29 is 37.3 Å². The summed E-state index contributed by atoms with van der Waals surface area (Å²) in [6.45, 7) is 6.83. The van der Waals surface area contributed by atoms with E-state index >= 15 is 0 Å². The molecule has 0 aliphatic carbocycles. The second kappa shape index (κ2) is 60.1. The van der Waals surface area contributed by atoms with Crippen molar-refractivity contribution in [3.05, 3.63) is 97.2 Å². The van der Waals surface area contributed by atoms with Crippen LogP contribution < -0.4 is 5.32 Å². The van der Waals surface area contributed by atoms with E-state index < -0.39 is 20.0 Å². The fraction of sp³-hybridized carbons (Fsp3) is 0.746. The van der Waals surface area contributed by atoms with Crippen LogP contribution in [-0.4, -0.2) is 74.3 Å². The molecule has 0 radical (unpaired) electrons. The fourth-order valence-electron chi connectivity index (χ4n) is 9.36. The topological polar surface area (TPSA) is 111 Å². The Morgan fingerprint density at radius 2 is 0.802 bits per heavy atom. The minimum Gasteiger partial charge on any atom is -0.456 e. The molecule has 3 unspecified atom stereocenters. The van der Waals surface area contributed by atoms with E-state index in [2.05, 4.69) is 111 Å². The molecule has 1 amide bonds. The highest BCUT2D eigenvalue weighted by Crippen LogP contribution is 2.43. The predicted molar refractivity (Wildman–Crippen MR) is 350 cm³/mol. The fourth-order valence-corrected chi connectivity index (χ4v) is 10.1. The Morgan fingerprint density at radius 1 is 0.444 bits per heavy atom. The summed E-state index contributed by atoms with van der Waals surface area (Å²) < 4.78 is 30.7. The normalized spacial score (nSPS) is 14.2. The van der Waals surface area contributed by atoms with Gasteiger partial charge in [-0.3, -0.25) is 18.6 Å². The van der Waals surface area contributed by atoms with Crippen molar-refractivity contribution in [2.24, 2.45) is 0 Å². The van der Waals surface area contributed by atoms with Crippen molar-refractivity contribution in [2.75, 3.05) is 40.9 Å². The zero-order valence-electron chi connectivity index (χ0n) is 53.5. The molecule has 9 nitrogen and oxygen atoms in total. The van der Waals surface area contributed by atoms with E-state index in [4.69, 9.17) is 13.8 Å². The number of carbonyl (C=O) groups is 2. The number of hydrogen-bond donors (Lipinski definition) is 2. The highest BCUT2D eigenvalue weighted by atomic mass is 31.2. The van der Waals surface area contributed by atoms with Crippen molar-refractivity contribution in [3.8, 4) is 0 Å². The largest absolute Gasteiger partial charge is 0.472 e. The number of carbonyl (C=O) groups excluding carboxylic acids is 2. The van der Waals surface area contributed by atoms with Crippen LogP contribution in [0.5, 0.6) is 0 Å². The molecular weight excluding hydrogens is 1020 g/mol. The Bertz CT molecular complexity index is 1710. The number of allylic oxidation sites excluding steroid dienone is 15. The number of likely N-dealkylation sites (N-methyl/N-ethyl adjacent to an activating group) is 1. The molecule has 0 rings (SSSR count). The van der Waals surface area contributed by atoms with Gasteiger partial charge in [-0.15, -0.1) is 0 Å². The SMILES string of the molecule is CC/C=C\C/C=C\C/C=C\C/C=C\C/C=C\CCCC(=O)NC(COP(=O)(O)OCC[N+](C)(C)C)C(/C=C\CCCCCCCCCCC)OC(=O)CCCCCCCCCCCCCCCCCCC/C=C\C/C=C\CCCCC. The Labute approximate surface area is 500 Å². The number of hydrogen-bond acceptors (Lipinski definition) is 6. The van der Waals surface area contributed by atoms with Crippen LogP contribution in [0.15, 0.2) is 97.2 Å². The molecule has 2 N–H and O–H groups in total. The molecule has 0 aromatic rings. The molecule has 468 valence electrons. The molecule has 0 bridgehead atoms. The highest BCUT2D eigenvalue weighted by Gasteiger charge is 2.30. The van der Waals surface area contributed by atoms with E-state index in [9.17, 15) is 19.0 Å². The van der Waals surface area contributed by atoms with Gasteiger partial charge in [-0.1, -0.05) is 272 Å². The number of nitrogens with one attached hydrogen (secondary N) is 1. The maximum absolute atomic E-state index is 13.5. The van der Waals surface area contributed by atoms with Gasteiger partial charge in [-0.25, -0.2) is 4.57 Å². The second-order valence-corrected chi connectivity index (χ2v) is 25.1. The number of phosphoric ester groups is 1. The molecule has 0 saturated carbocycles. The molecule has 10 heteroatoms. The first-order valence-electron chi connectivity index (χ1n) is 33.6. The Balaban J connectivity index is 5.07. The van der Waals surface area contributed by atoms with Crippen molar-refractivity contribution in [1.29, 1.82) is 0 Å². The lowest BCUT2D eigenvalue weighted by Crippen LogP contribution is -2.47. The Morgan fingerprint density at radius 3 is 1.23 bits per heavy atom. The number of ether oxygens (including phenoxy) is 1. The number of unbranched alkanes of at least 4 members (excludes halogenated alkanes) is 30. The first-order chi connectivity index (χ1) is 39.4. The van der Waals surface area contributed by atoms with E-state index in [0.29, 0.717) is 17.4 Å². The maximum atomic E-state index is 13.5. The summed E-state index contributed by atoms with van der Waals surface area (Å²) in [4.78, 5) is 37.7. The van der Waals surface area contributed by atoms with E-state index in [-0.39, 0.29) is 37.9 Å². The average Bonchev–Trinajstić information content (AvgIpc) is 3.44. The van der Waals surface area contributed by atoms with Gasteiger partial charge in [0.15, 0.2) is 0 Å². The first kappa shape index (κ1) is 77.9. The molecule has 0 aromatic heterocycles. The Hall–Kier alpha value is -3.07. The third-order valence-electron chi connectivity index (χ3n) is 14.5. The van der Waals surface area contributed by atoms with Gasteiger partial charge in [-0.2, -0.15) is 0 Å². The van der Waals surface area contributed by atoms with E-state index in [1.54, 1.807) is 0 Å². The number of esters is 1. The predicted octanol–water partition coefficient (Wildman–Crippen LogP) is 21.1. The molecule has 3 atom stereocenters. The van der Waals surface area contributed by atoms with Gasteiger partial charge < -0.3 is 19.4 Å². The second-order valence-electron chi connectivity index (χ2n) is 23.6. The summed E-state index contributed by atoms with van der Waals surface area (Å²) >= 11 is 0. The quantitative estimate of drug-likeness (QED) is 0.0205. The summed E-state index contributed by atoms with van der Waals surface area (Å²) in [5, 5.41) is 3.02. The van der Waals surface area contributed by atoms with Crippen LogP contribution >= 0.6 is 7.82 Å². The minimum atomic E-state index is -4.47. The number of amides is 1. The summed E-state index contributed by atoms with van der Waals surface area (Å²) in [7, 11) is 1.46. The minimum absolute atomic E-state index is 0.0265. The van der Waals surface area contributed by atoms with Crippen molar-refractivity contribution in [3.63, 3.8) is 0 Å². The zero-order chi connectivity index (χ0) is 59.3. The average molecular weight is 1150 g/mol.